The van der Waals surface area contributed by atoms with Gasteiger partial charge in [-0.15, -0.1) is 0 Å². The van der Waals surface area contributed by atoms with Crippen molar-refractivity contribution in [2.75, 3.05) is 5.73 Å². The largest absolute Gasteiger partial charge is 0.494 e. The molecular weight excluding hydrogens is 250 g/mol. The topological polar surface area (TPSA) is 74.4 Å². The number of aromatic amines is 1. The minimum atomic E-state index is 0.120. The van der Waals surface area contributed by atoms with E-state index in [-0.39, 0.29) is 5.88 Å². The highest BCUT2D eigenvalue weighted by atomic mass is 16.3. The molecule has 100 valence electrons. The molecule has 0 amide bonds. The van der Waals surface area contributed by atoms with Crippen molar-refractivity contribution in [1.82, 2.24) is 4.98 Å². The smallest absolute Gasteiger partial charge is 0.198 e. The number of rotatable bonds is 2. The van der Waals surface area contributed by atoms with Gasteiger partial charge in [0, 0.05) is 22.8 Å². The first-order chi connectivity index (χ1) is 9.65. The van der Waals surface area contributed by atoms with Crippen LogP contribution in [0, 0.1) is 6.92 Å². The summed E-state index contributed by atoms with van der Waals surface area (Å²) in [4.78, 5) is 7.30. The number of hydrogen-bond donors (Lipinski definition) is 3. The SMILES string of the molecule is Cc1ccc(N=Cc2c(O)[nH]c3ccccc23)cc1N. The van der Waals surface area contributed by atoms with Crippen LogP contribution in [0.5, 0.6) is 5.88 Å². The number of H-pyrrole nitrogens is 1. The number of aromatic nitrogens is 1. The number of nitrogen functional groups attached to an aromatic ring is 1. The van der Waals surface area contributed by atoms with Gasteiger partial charge in [-0.2, -0.15) is 0 Å². The highest BCUT2D eigenvalue weighted by Gasteiger charge is 2.07. The van der Waals surface area contributed by atoms with E-state index in [2.05, 4.69) is 9.98 Å². The first kappa shape index (κ1) is 12.3. The molecule has 0 aliphatic carbocycles. The number of benzene rings is 2. The number of fused-ring (bicyclic) bond motifs is 1. The zero-order valence-electron chi connectivity index (χ0n) is 11.1. The zero-order chi connectivity index (χ0) is 14.1. The predicted octanol–water partition coefficient (Wildman–Crippen LogP) is 3.51. The standard InChI is InChI=1S/C16H15N3O/c1-10-6-7-11(8-14(10)17)18-9-13-12-4-2-3-5-15(12)19-16(13)20/h2-9,19-20H,17H2,1H3. The van der Waals surface area contributed by atoms with Crippen LogP contribution in [0.15, 0.2) is 47.5 Å². The maximum atomic E-state index is 9.94. The van der Waals surface area contributed by atoms with E-state index in [0.717, 1.165) is 22.2 Å². The van der Waals surface area contributed by atoms with Gasteiger partial charge in [0.1, 0.15) is 0 Å². The Labute approximate surface area is 116 Å². The lowest BCUT2D eigenvalue weighted by Gasteiger charge is -2.00. The highest BCUT2D eigenvalue weighted by molar-refractivity contribution is 6.02. The van der Waals surface area contributed by atoms with Crippen LogP contribution >= 0.6 is 0 Å². The number of aromatic hydroxyl groups is 1. The van der Waals surface area contributed by atoms with E-state index < -0.39 is 0 Å². The molecule has 4 heteroatoms. The molecule has 0 saturated carbocycles. The van der Waals surface area contributed by atoms with Crippen molar-refractivity contribution in [2.24, 2.45) is 4.99 Å². The van der Waals surface area contributed by atoms with Crippen molar-refractivity contribution in [1.29, 1.82) is 0 Å². The van der Waals surface area contributed by atoms with Crippen molar-refractivity contribution >= 4 is 28.5 Å². The molecule has 4 N–H and O–H groups in total. The molecule has 4 nitrogen and oxygen atoms in total. The maximum Gasteiger partial charge on any atom is 0.198 e. The van der Waals surface area contributed by atoms with Crippen LogP contribution in [0.25, 0.3) is 10.9 Å². The van der Waals surface area contributed by atoms with E-state index in [1.165, 1.54) is 0 Å². The van der Waals surface area contributed by atoms with Gasteiger partial charge in [-0.1, -0.05) is 24.3 Å². The van der Waals surface area contributed by atoms with Crippen LogP contribution in [0.3, 0.4) is 0 Å². The molecule has 2 aromatic carbocycles. The second-order valence-corrected chi connectivity index (χ2v) is 4.73. The summed E-state index contributed by atoms with van der Waals surface area (Å²) < 4.78 is 0. The number of nitrogens with zero attached hydrogens (tertiary/aromatic N) is 1. The second kappa shape index (κ2) is 4.74. The van der Waals surface area contributed by atoms with Crippen molar-refractivity contribution in [3.05, 3.63) is 53.6 Å². The maximum absolute atomic E-state index is 9.94. The fourth-order valence-electron chi connectivity index (χ4n) is 2.13. The minimum Gasteiger partial charge on any atom is -0.494 e. The Morgan fingerprint density at radius 2 is 2.00 bits per heavy atom. The summed E-state index contributed by atoms with van der Waals surface area (Å²) in [6.45, 7) is 1.95. The normalized spacial score (nSPS) is 11.4. The number of anilines is 1. The summed E-state index contributed by atoms with van der Waals surface area (Å²) >= 11 is 0. The van der Waals surface area contributed by atoms with Gasteiger partial charge in [-0.3, -0.25) is 4.99 Å². The summed E-state index contributed by atoms with van der Waals surface area (Å²) in [6, 6.07) is 13.3. The van der Waals surface area contributed by atoms with Gasteiger partial charge in [0.2, 0.25) is 0 Å². The van der Waals surface area contributed by atoms with Crippen LogP contribution in [-0.4, -0.2) is 16.3 Å². The zero-order valence-corrected chi connectivity index (χ0v) is 11.1. The third-order valence-electron chi connectivity index (χ3n) is 3.33. The molecule has 20 heavy (non-hydrogen) atoms. The molecule has 0 spiro atoms. The van der Waals surface area contributed by atoms with E-state index in [9.17, 15) is 5.11 Å². The molecule has 0 radical (unpaired) electrons. The Balaban J connectivity index is 2.02. The van der Waals surface area contributed by atoms with E-state index in [1.807, 2.05) is 49.4 Å². The molecule has 0 bridgehead atoms. The summed E-state index contributed by atoms with van der Waals surface area (Å²) in [7, 11) is 0. The predicted molar refractivity (Wildman–Crippen MR) is 82.8 cm³/mol. The van der Waals surface area contributed by atoms with Gasteiger partial charge in [-0.25, -0.2) is 0 Å². The summed E-state index contributed by atoms with van der Waals surface area (Å²) in [5.41, 5.74) is 9.92. The number of nitrogens with two attached hydrogens (primary N) is 1. The quantitative estimate of drug-likeness (QED) is 0.490. The van der Waals surface area contributed by atoms with Crippen molar-refractivity contribution in [2.45, 2.75) is 6.92 Å². The third kappa shape index (κ3) is 2.12. The molecule has 0 aliphatic heterocycles. The average molecular weight is 265 g/mol. The number of nitrogens with one attached hydrogen (secondary N) is 1. The van der Waals surface area contributed by atoms with Crippen LogP contribution in [0.2, 0.25) is 0 Å². The Morgan fingerprint density at radius 3 is 2.80 bits per heavy atom. The molecule has 0 aliphatic rings. The first-order valence-corrected chi connectivity index (χ1v) is 6.35. The summed E-state index contributed by atoms with van der Waals surface area (Å²) in [6.07, 6.45) is 1.65. The molecule has 1 aromatic heterocycles. The van der Waals surface area contributed by atoms with E-state index >= 15 is 0 Å². The molecule has 3 rings (SSSR count). The van der Waals surface area contributed by atoms with Crippen molar-refractivity contribution in [3.63, 3.8) is 0 Å². The van der Waals surface area contributed by atoms with Gasteiger partial charge in [0.15, 0.2) is 5.88 Å². The van der Waals surface area contributed by atoms with Gasteiger partial charge < -0.3 is 15.8 Å². The van der Waals surface area contributed by atoms with Crippen molar-refractivity contribution in [3.8, 4) is 5.88 Å². The molecule has 3 aromatic rings. The minimum absolute atomic E-state index is 0.120. The summed E-state index contributed by atoms with van der Waals surface area (Å²) in [5.74, 6) is 0.120. The molecule has 0 fully saturated rings. The summed E-state index contributed by atoms with van der Waals surface area (Å²) in [5, 5.41) is 10.9. The monoisotopic (exact) mass is 265 g/mol. The van der Waals surface area contributed by atoms with Crippen LogP contribution < -0.4 is 5.73 Å². The van der Waals surface area contributed by atoms with Gasteiger partial charge in [0.05, 0.1) is 11.3 Å². The highest BCUT2D eigenvalue weighted by Crippen LogP contribution is 2.26. The number of aliphatic imine (C=N–C) groups is 1. The number of aryl methyl sites for hydroxylation is 1. The number of para-hydroxylation sites is 1. The first-order valence-electron chi connectivity index (χ1n) is 6.35. The fraction of sp³-hybridized carbons (Fsp3) is 0.0625. The van der Waals surface area contributed by atoms with Gasteiger partial charge in [-0.05, 0) is 30.7 Å². The third-order valence-corrected chi connectivity index (χ3v) is 3.33. The Kier molecular flexibility index (Phi) is 2.91. The lowest BCUT2D eigenvalue weighted by atomic mass is 10.1. The molecular formula is C16H15N3O. The van der Waals surface area contributed by atoms with Crippen LogP contribution in [0.4, 0.5) is 11.4 Å². The van der Waals surface area contributed by atoms with E-state index in [4.69, 9.17) is 5.73 Å². The lowest BCUT2D eigenvalue weighted by molar-refractivity contribution is 0.457. The molecule has 0 atom stereocenters. The fourth-order valence-corrected chi connectivity index (χ4v) is 2.13. The van der Waals surface area contributed by atoms with Crippen LogP contribution in [-0.2, 0) is 0 Å². The van der Waals surface area contributed by atoms with E-state index in [1.54, 1.807) is 6.21 Å². The van der Waals surface area contributed by atoms with Crippen molar-refractivity contribution < 1.29 is 5.11 Å². The van der Waals surface area contributed by atoms with Gasteiger partial charge in [0.25, 0.3) is 0 Å². The second-order valence-electron chi connectivity index (χ2n) is 4.73. The molecule has 0 saturated heterocycles. The van der Waals surface area contributed by atoms with Crippen LogP contribution in [0.1, 0.15) is 11.1 Å². The molecule has 1 heterocycles. The van der Waals surface area contributed by atoms with Gasteiger partial charge >= 0.3 is 0 Å². The molecule has 0 unspecified atom stereocenters. The van der Waals surface area contributed by atoms with E-state index in [0.29, 0.717) is 11.3 Å². The Bertz CT molecular complexity index is 803. The Hall–Kier alpha value is -2.75. The lowest BCUT2D eigenvalue weighted by Crippen LogP contribution is -1.87. The number of hydrogen-bond acceptors (Lipinski definition) is 3. The average Bonchev–Trinajstić information content (AvgIpc) is 2.76. The Morgan fingerprint density at radius 1 is 1.20 bits per heavy atom.